The maximum Gasteiger partial charge on any atom is 0.324 e. The SMILES string of the molecule is CC(C)[C@H](NS(=O)(=O)c1ccc2c(c1)oc1ccc(N=[N+]=[N-])cc12)C(=O)OC(C)(C)C. The second-order valence-corrected chi connectivity index (χ2v) is 10.2. The number of carbonyl (C=O) groups excluding carboxylic acids is 1. The lowest BCUT2D eigenvalue weighted by atomic mass is 10.1. The summed E-state index contributed by atoms with van der Waals surface area (Å²) < 4.78 is 39.6. The van der Waals surface area contributed by atoms with Crippen molar-refractivity contribution in [1.82, 2.24) is 4.72 Å². The van der Waals surface area contributed by atoms with Crippen molar-refractivity contribution in [1.29, 1.82) is 0 Å². The van der Waals surface area contributed by atoms with Crippen molar-refractivity contribution in [2.45, 2.75) is 51.2 Å². The zero-order chi connectivity index (χ0) is 23.0. The van der Waals surface area contributed by atoms with E-state index in [9.17, 15) is 13.2 Å². The summed E-state index contributed by atoms with van der Waals surface area (Å²) in [5, 5.41) is 4.96. The molecule has 3 rings (SSSR count). The zero-order valence-corrected chi connectivity index (χ0v) is 18.7. The van der Waals surface area contributed by atoms with Crippen molar-refractivity contribution in [3.8, 4) is 0 Å². The average Bonchev–Trinajstić information content (AvgIpc) is 3.02. The third-order valence-electron chi connectivity index (χ3n) is 4.51. The molecule has 0 saturated carbocycles. The molecule has 9 nitrogen and oxygen atoms in total. The van der Waals surface area contributed by atoms with Crippen molar-refractivity contribution >= 4 is 43.6 Å². The quantitative estimate of drug-likeness (QED) is 0.242. The number of furan rings is 1. The number of benzene rings is 2. The topological polar surface area (TPSA) is 134 Å². The molecule has 0 amide bonds. The molecule has 164 valence electrons. The van der Waals surface area contributed by atoms with Crippen LogP contribution in [0.3, 0.4) is 0 Å². The first-order valence-electron chi connectivity index (χ1n) is 9.68. The second kappa shape index (κ2) is 8.22. The maximum absolute atomic E-state index is 13.0. The van der Waals surface area contributed by atoms with Gasteiger partial charge in [-0.3, -0.25) is 4.79 Å². The Labute approximate surface area is 180 Å². The predicted octanol–water partition coefficient (Wildman–Crippen LogP) is 5.17. The molecule has 0 saturated heterocycles. The first-order chi connectivity index (χ1) is 14.4. The van der Waals surface area contributed by atoms with E-state index in [4.69, 9.17) is 14.7 Å². The average molecular weight is 445 g/mol. The van der Waals surface area contributed by atoms with Gasteiger partial charge in [-0.05, 0) is 62.6 Å². The summed E-state index contributed by atoms with van der Waals surface area (Å²) >= 11 is 0. The lowest BCUT2D eigenvalue weighted by Crippen LogP contribution is -2.47. The lowest BCUT2D eigenvalue weighted by molar-refractivity contribution is -0.158. The van der Waals surface area contributed by atoms with Crippen molar-refractivity contribution in [3.63, 3.8) is 0 Å². The van der Waals surface area contributed by atoms with Crippen LogP contribution in [0.2, 0.25) is 0 Å². The minimum atomic E-state index is -4.03. The van der Waals surface area contributed by atoms with E-state index in [0.29, 0.717) is 27.6 Å². The molecule has 10 heteroatoms. The number of azide groups is 1. The monoisotopic (exact) mass is 444 g/mol. The molecule has 0 aliphatic heterocycles. The predicted molar refractivity (Wildman–Crippen MR) is 117 cm³/mol. The molecule has 2 aromatic carbocycles. The molecule has 0 aliphatic rings. The number of ether oxygens (including phenoxy) is 1. The highest BCUT2D eigenvalue weighted by molar-refractivity contribution is 7.89. The Bertz CT molecular complexity index is 1300. The fourth-order valence-corrected chi connectivity index (χ4v) is 4.43. The van der Waals surface area contributed by atoms with E-state index in [-0.39, 0.29) is 10.8 Å². The van der Waals surface area contributed by atoms with E-state index in [1.165, 1.54) is 12.1 Å². The van der Waals surface area contributed by atoms with Gasteiger partial charge in [-0.2, -0.15) is 4.72 Å². The maximum atomic E-state index is 13.0. The van der Waals surface area contributed by atoms with Gasteiger partial charge >= 0.3 is 5.97 Å². The van der Waals surface area contributed by atoms with Crippen LogP contribution in [0.1, 0.15) is 34.6 Å². The number of hydrogen-bond acceptors (Lipinski definition) is 6. The van der Waals surface area contributed by atoms with Crippen LogP contribution < -0.4 is 4.72 Å². The van der Waals surface area contributed by atoms with Gasteiger partial charge < -0.3 is 9.15 Å². The highest BCUT2D eigenvalue weighted by Gasteiger charge is 2.32. The minimum Gasteiger partial charge on any atom is -0.459 e. The van der Waals surface area contributed by atoms with Crippen LogP contribution in [-0.4, -0.2) is 26.0 Å². The largest absolute Gasteiger partial charge is 0.459 e. The molecule has 0 fully saturated rings. The van der Waals surface area contributed by atoms with Crippen LogP contribution in [0, 0.1) is 5.92 Å². The van der Waals surface area contributed by atoms with Gasteiger partial charge in [0, 0.05) is 27.4 Å². The molecule has 31 heavy (non-hydrogen) atoms. The van der Waals surface area contributed by atoms with Crippen LogP contribution in [0.5, 0.6) is 0 Å². The molecule has 1 aromatic heterocycles. The molecular formula is C21H24N4O5S. The zero-order valence-electron chi connectivity index (χ0n) is 17.9. The Morgan fingerprint density at radius 3 is 2.45 bits per heavy atom. The molecule has 0 aliphatic carbocycles. The Kier molecular flexibility index (Phi) is 6.00. The smallest absolute Gasteiger partial charge is 0.324 e. The van der Waals surface area contributed by atoms with Crippen LogP contribution >= 0.6 is 0 Å². The van der Waals surface area contributed by atoms with Gasteiger partial charge in [-0.25, -0.2) is 8.42 Å². The number of rotatable bonds is 6. The van der Waals surface area contributed by atoms with E-state index in [0.717, 1.165) is 0 Å². The van der Waals surface area contributed by atoms with Crippen LogP contribution in [0.15, 0.2) is 50.8 Å². The fourth-order valence-electron chi connectivity index (χ4n) is 3.08. The molecule has 3 aromatic rings. The van der Waals surface area contributed by atoms with Crippen molar-refractivity contribution in [2.75, 3.05) is 0 Å². The fraction of sp³-hybridized carbons (Fsp3) is 0.381. The summed E-state index contributed by atoms with van der Waals surface area (Å²) in [7, 11) is -4.03. The molecular weight excluding hydrogens is 420 g/mol. The number of hydrogen-bond donors (Lipinski definition) is 1. The molecule has 0 spiro atoms. The summed E-state index contributed by atoms with van der Waals surface area (Å²) in [6.07, 6.45) is 0. The van der Waals surface area contributed by atoms with Crippen molar-refractivity contribution in [2.24, 2.45) is 11.0 Å². The summed E-state index contributed by atoms with van der Waals surface area (Å²) in [5.41, 5.74) is 9.19. The van der Waals surface area contributed by atoms with Gasteiger partial charge in [0.25, 0.3) is 0 Å². The summed E-state index contributed by atoms with van der Waals surface area (Å²) in [5.74, 6) is -0.958. The molecule has 1 heterocycles. The first kappa shape index (κ1) is 22.6. The first-order valence-corrected chi connectivity index (χ1v) is 11.2. The number of esters is 1. The van der Waals surface area contributed by atoms with E-state index >= 15 is 0 Å². The normalized spacial score (nSPS) is 13.4. The van der Waals surface area contributed by atoms with Gasteiger partial charge in [-0.1, -0.05) is 19.0 Å². The number of nitrogens with zero attached hydrogens (tertiary/aromatic N) is 3. The van der Waals surface area contributed by atoms with Crippen LogP contribution in [0.4, 0.5) is 5.69 Å². The van der Waals surface area contributed by atoms with Gasteiger partial charge in [0.2, 0.25) is 10.0 Å². The van der Waals surface area contributed by atoms with Gasteiger partial charge in [0.05, 0.1) is 4.90 Å². The third kappa shape index (κ3) is 4.99. The number of nitrogens with one attached hydrogen (secondary N) is 1. The van der Waals surface area contributed by atoms with Gasteiger partial charge in [0.1, 0.15) is 22.8 Å². The van der Waals surface area contributed by atoms with Gasteiger partial charge in [0.15, 0.2) is 0 Å². The van der Waals surface area contributed by atoms with E-state index in [1.54, 1.807) is 58.9 Å². The molecule has 1 N–H and O–H groups in total. The Morgan fingerprint density at radius 2 is 1.84 bits per heavy atom. The number of fused-ring (bicyclic) bond motifs is 3. The summed E-state index contributed by atoms with van der Waals surface area (Å²) in [6.45, 7) is 8.64. The van der Waals surface area contributed by atoms with E-state index in [1.807, 2.05) is 0 Å². The van der Waals surface area contributed by atoms with Gasteiger partial charge in [-0.15, -0.1) is 0 Å². The summed E-state index contributed by atoms with van der Waals surface area (Å²) in [4.78, 5) is 15.3. The second-order valence-electron chi connectivity index (χ2n) is 8.51. The molecule has 0 radical (unpaired) electrons. The van der Waals surface area contributed by atoms with Crippen molar-refractivity contribution in [3.05, 3.63) is 46.8 Å². The molecule has 0 bridgehead atoms. The van der Waals surface area contributed by atoms with E-state index in [2.05, 4.69) is 14.7 Å². The lowest BCUT2D eigenvalue weighted by Gasteiger charge is -2.26. The van der Waals surface area contributed by atoms with Crippen LogP contribution in [0.25, 0.3) is 32.4 Å². The summed E-state index contributed by atoms with van der Waals surface area (Å²) in [6, 6.07) is 8.35. The van der Waals surface area contributed by atoms with Crippen LogP contribution in [-0.2, 0) is 19.6 Å². The Balaban J connectivity index is 1.98. The number of carbonyl (C=O) groups is 1. The highest BCUT2D eigenvalue weighted by Crippen LogP contribution is 2.33. The number of sulfonamides is 1. The third-order valence-corrected chi connectivity index (χ3v) is 5.95. The molecule has 0 unspecified atom stereocenters. The van der Waals surface area contributed by atoms with Crippen molar-refractivity contribution < 1.29 is 22.4 Å². The molecule has 1 atom stereocenters. The highest BCUT2D eigenvalue weighted by atomic mass is 32.2. The standard InChI is InChI=1S/C21H24N4O5S/c1-12(2)19(20(26)30-21(3,4)5)24-31(27,28)14-7-8-15-16-10-13(23-25-22)6-9-17(16)29-18(15)11-14/h6-12,19,24H,1-5H3/t19-/m0/s1. The Morgan fingerprint density at radius 1 is 1.13 bits per heavy atom. The Hall–Kier alpha value is -3.07. The van der Waals surface area contributed by atoms with E-state index < -0.39 is 27.6 Å². The minimum absolute atomic E-state index is 0.0384.